The van der Waals surface area contributed by atoms with E-state index in [0.717, 1.165) is 26.9 Å². The van der Waals surface area contributed by atoms with Gasteiger partial charge >= 0.3 is 12.0 Å². The molecule has 2 aliphatic rings. The van der Waals surface area contributed by atoms with Crippen LogP contribution in [0.2, 0.25) is 0 Å². The molecule has 2 saturated heterocycles. The van der Waals surface area contributed by atoms with E-state index in [1.807, 2.05) is 74.5 Å². The van der Waals surface area contributed by atoms with Gasteiger partial charge in [-0.1, -0.05) is 65.9 Å². The van der Waals surface area contributed by atoms with Crippen LogP contribution in [0, 0.1) is 0 Å². The molecule has 0 unspecified atom stereocenters. The van der Waals surface area contributed by atoms with Crippen LogP contribution in [0.1, 0.15) is 30.5 Å². The molecule has 3 N–H and O–H groups in total. The van der Waals surface area contributed by atoms with Crippen LogP contribution in [0.15, 0.2) is 72.8 Å². The Bertz CT molecular complexity index is 1830. The molecular weight excluding hydrogens is 646 g/mol. The number of nitrogens with two attached hydrogens (primary N) is 1. The van der Waals surface area contributed by atoms with Crippen molar-refractivity contribution < 1.29 is 28.7 Å². The van der Waals surface area contributed by atoms with Crippen LogP contribution in [0.25, 0.3) is 10.2 Å². The van der Waals surface area contributed by atoms with Crippen LogP contribution in [0.5, 0.6) is 5.75 Å². The van der Waals surface area contributed by atoms with Crippen LogP contribution in [-0.2, 0) is 38.6 Å². The highest BCUT2D eigenvalue weighted by Gasteiger charge is 2.52. The number of carbonyl (C=O) groups is 4. The Morgan fingerprint density at radius 2 is 1.80 bits per heavy atom. The van der Waals surface area contributed by atoms with E-state index in [4.69, 9.17) is 10.5 Å². The summed E-state index contributed by atoms with van der Waals surface area (Å²) in [6.07, 6.45) is -0.360. The topological polar surface area (TPSA) is 151 Å². The number of nitrogens with one attached hydrogen (secondary N) is 1. The number of hydrogen-bond donors (Lipinski definition) is 2. The van der Waals surface area contributed by atoms with Crippen molar-refractivity contribution in [1.29, 1.82) is 0 Å². The van der Waals surface area contributed by atoms with Gasteiger partial charge in [-0.05, 0) is 48.7 Å². The van der Waals surface area contributed by atoms with Crippen molar-refractivity contribution in [2.45, 2.75) is 51.6 Å². The van der Waals surface area contributed by atoms with E-state index in [9.17, 15) is 19.2 Å². The van der Waals surface area contributed by atoms with Gasteiger partial charge in [0.1, 0.15) is 18.0 Å². The summed E-state index contributed by atoms with van der Waals surface area (Å²) in [6, 6.07) is 21.0. The Morgan fingerprint density at radius 1 is 1.04 bits per heavy atom. The fourth-order valence-corrected chi connectivity index (χ4v) is 7.15. The van der Waals surface area contributed by atoms with Gasteiger partial charge in [-0.25, -0.2) is 14.6 Å². The lowest BCUT2D eigenvalue weighted by Crippen LogP contribution is -2.66. The molecule has 0 saturated carbocycles. The molecule has 14 heteroatoms. The molecule has 0 radical (unpaired) electrons. The number of fused-ring (bicyclic) bond motifs is 2. The number of urea groups is 1. The third-order valence-electron chi connectivity index (χ3n) is 8.64. The number of para-hydroxylation sites is 1. The van der Waals surface area contributed by atoms with E-state index in [-0.39, 0.29) is 56.5 Å². The first-order valence-corrected chi connectivity index (χ1v) is 16.8. The molecule has 13 nitrogen and oxygen atoms in total. The summed E-state index contributed by atoms with van der Waals surface area (Å²) < 4.78 is 11.0. The number of benzene rings is 3. The lowest BCUT2D eigenvalue weighted by Gasteiger charge is -2.47. The van der Waals surface area contributed by atoms with Crippen molar-refractivity contribution in [3.05, 3.63) is 89.5 Å². The Morgan fingerprint density at radius 3 is 2.51 bits per heavy atom. The lowest BCUT2D eigenvalue weighted by atomic mass is 9.99. The van der Waals surface area contributed by atoms with Gasteiger partial charge in [-0.15, -0.1) is 0 Å². The van der Waals surface area contributed by atoms with Crippen LogP contribution >= 0.6 is 11.3 Å². The molecule has 0 aliphatic carbocycles. The number of hydrazine groups is 1. The molecule has 49 heavy (non-hydrogen) atoms. The van der Waals surface area contributed by atoms with E-state index in [0.29, 0.717) is 17.4 Å². The maximum absolute atomic E-state index is 14.3. The number of anilines is 1. The van der Waals surface area contributed by atoms with E-state index >= 15 is 0 Å². The van der Waals surface area contributed by atoms with Gasteiger partial charge in [-0.2, -0.15) is 5.01 Å². The minimum absolute atomic E-state index is 0.0578. The number of aromatic nitrogens is 1. The van der Waals surface area contributed by atoms with Gasteiger partial charge in [0.05, 0.1) is 30.4 Å². The average molecular weight is 686 g/mol. The molecule has 3 heterocycles. The van der Waals surface area contributed by atoms with Crippen molar-refractivity contribution in [2.24, 2.45) is 0 Å². The fourth-order valence-electron chi connectivity index (χ4n) is 6.37. The molecule has 4 aromatic rings. The predicted octanol–water partition coefficient (Wildman–Crippen LogP) is 3.39. The first kappa shape index (κ1) is 33.7. The zero-order chi connectivity index (χ0) is 34.7. The monoisotopic (exact) mass is 685 g/mol. The number of nitrogen functional groups attached to an aromatic ring is 1. The SMILES string of the molecule is COC(=O)COc1ccc(C[C@H]2C(=O)N(Cc3cccc4sc(N)nc34)C[C@H]3N2C(=O)CN3N(C(=O)NCc2ccccc2)C(C)C)cc1. The summed E-state index contributed by atoms with van der Waals surface area (Å²) in [4.78, 5) is 61.3. The van der Waals surface area contributed by atoms with Gasteiger partial charge in [0.2, 0.25) is 11.8 Å². The van der Waals surface area contributed by atoms with Crippen molar-refractivity contribution in [3.63, 3.8) is 0 Å². The molecule has 1 aromatic heterocycles. The van der Waals surface area contributed by atoms with Gasteiger partial charge in [0.25, 0.3) is 0 Å². The van der Waals surface area contributed by atoms with Crippen molar-refractivity contribution in [1.82, 2.24) is 30.1 Å². The highest BCUT2D eigenvalue weighted by atomic mass is 32.1. The molecule has 256 valence electrons. The number of ether oxygens (including phenoxy) is 2. The van der Waals surface area contributed by atoms with Gasteiger partial charge in [0, 0.05) is 25.6 Å². The highest BCUT2D eigenvalue weighted by molar-refractivity contribution is 7.22. The molecule has 0 spiro atoms. The zero-order valence-electron chi connectivity index (χ0n) is 27.6. The summed E-state index contributed by atoms with van der Waals surface area (Å²) in [6.45, 7) is 4.28. The first-order valence-electron chi connectivity index (χ1n) is 16.0. The number of rotatable bonds is 11. The quantitative estimate of drug-likeness (QED) is 0.227. The lowest BCUT2D eigenvalue weighted by molar-refractivity contribution is -0.158. The van der Waals surface area contributed by atoms with E-state index in [2.05, 4.69) is 15.0 Å². The first-order chi connectivity index (χ1) is 23.6. The van der Waals surface area contributed by atoms with Crippen molar-refractivity contribution in [3.8, 4) is 5.75 Å². The molecule has 2 atom stereocenters. The van der Waals surface area contributed by atoms with E-state index < -0.39 is 18.2 Å². The summed E-state index contributed by atoms with van der Waals surface area (Å²) in [5.74, 6) is -0.476. The van der Waals surface area contributed by atoms with Gasteiger partial charge < -0.3 is 30.3 Å². The van der Waals surface area contributed by atoms with Crippen LogP contribution in [0.4, 0.5) is 9.93 Å². The van der Waals surface area contributed by atoms with Crippen LogP contribution in [0.3, 0.4) is 0 Å². The molecule has 6 rings (SSSR count). The van der Waals surface area contributed by atoms with E-state index in [1.165, 1.54) is 18.4 Å². The Kier molecular flexibility index (Phi) is 9.97. The minimum Gasteiger partial charge on any atom is -0.482 e. The molecule has 3 aromatic carbocycles. The predicted molar refractivity (Wildman–Crippen MR) is 184 cm³/mol. The Balaban J connectivity index is 1.29. The number of piperazine rings is 1. The third-order valence-corrected chi connectivity index (χ3v) is 9.49. The zero-order valence-corrected chi connectivity index (χ0v) is 28.4. The molecule has 0 bridgehead atoms. The summed E-state index contributed by atoms with van der Waals surface area (Å²) in [5, 5.41) is 6.82. The molecule has 4 amide bonds. The Hall–Kier alpha value is -5.21. The van der Waals surface area contributed by atoms with Crippen LogP contribution < -0.4 is 15.8 Å². The Labute approximate surface area is 288 Å². The second kappa shape index (κ2) is 14.5. The maximum atomic E-state index is 14.3. The minimum atomic E-state index is -0.834. The second-order valence-electron chi connectivity index (χ2n) is 12.2. The fraction of sp³-hybridized carbons (Fsp3) is 0.343. The van der Waals surface area contributed by atoms with Gasteiger partial charge in [-0.3, -0.25) is 14.6 Å². The maximum Gasteiger partial charge on any atom is 0.343 e. The van der Waals surface area contributed by atoms with Crippen molar-refractivity contribution >= 4 is 50.5 Å². The number of nitrogens with zero attached hydrogens (tertiary/aromatic N) is 5. The summed E-state index contributed by atoms with van der Waals surface area (Å²) in [7, 11) is 1.29. The number of thiazole rings is 1. The third kappa shape index (κ3) is 7.29. The highest BCUT2D eigenvalue weighted by Crippen LogP contribution is 2.33. The number of carbonyl (C=O) groups excluding carboxylic acids is 4. The number of hydrogen-bond acceptors (Lipinski definition) is 10. The normalized spacial score (nSPS) is 17.8. The number of amides is 4. The largest absolute Gasteiger partial charge is 0.482 e. The summed E-state index contributed by atoms with van der Waals surface area (Å²) in [5.41, 5.74) is 9.37. The molecular formula is C35H39N7O6S. The average Bonchev–Trinajstić information content (AvgIpc) is 3.64. The summed E-state index contributed by atoms with van der Waals surface area (Å²) >= 11 is 1.38. The smallest absolute Gasteiger partial charge is 0.343 e. The van der Waals surface area contributed by atoms with Gasteiger partial charge in [0.15, 0.2) is 11.7 Å². The van der Waals surface area contributed by atoms with Crippen molar-refractivity contribution in [2.75, 3.05) is 32.5 Å². The van der Waals surface area contributed by atoms with E-state index in [1.54, 1.807) is 32.0 Å². The standard InChI is InChI=1S/C35H39N7O6S/c1-22(2)42(35(46)37-17-24-8-5-4-6-9-24)40-20-30(43)41-27(16-23-12-14-26(15-13-23)48-21-31(44)47-3)33(45)39(19-29(40)41)18-25-10-7-11-28-32(25)38-34(36)49-28/h4-15,22,27,29H,16-21H2,1-3H3,(H2,36,38)(H,37,46)/t27-,29+/m0/s1. The van der Waals surface area contributed by atoms with Crippen LogP contribution in [-0.4, -0.2) is 93.7 Å². The molecule has 2 aliphatic heterocycles. The number of esters is 1. The number of methoxy groups -OCH3 is 1. The molecule has 2 fully saturated rings. The second-order valence-corrected chi connectivity index (χ2v) is 13.3.